The monoisotopic (exact) mass is 296 g/mol. The van der Waals surface area contributed by atoms with Crippen LogP contribution >= 0.6 is 0 Å². The summed E-state index contributed by atoms with van der Waals surface area (Å²) in [6.45, 7) is -0.231. The normalized spacial score (nSPS) is 10.4. The van der Waals surface area contributed by atoms with Crippen LogP contribution in [0.3, 0.4) is 0 Å². The number of anilines is 1. The molecule has 0 aliphatic rings. The van der Waals surface area contributed by atoms with Crippen LogP contribution in [0.5, 0.6) is 0 Å². The summed E-state index contributed by atoms with van der Waals surface area (Å²) >= 11 is 0. The summed E-state index contributed by atoms with van der Waals surface area (Å²) in [7, 11) is 0. The predicted octanol–water partition coefficient (Wildman–Crippen LogP) is 0.822. The van der Waals surface area contributed by atoms with Gasteiger partial charge in [0.05, 0.1) is 12.1 Å². The van der Waals surface area contributed by atoms with E-state index in [1.165, 1.54) is 12.3 Å². The maximum absolute atomic E-state index is 13.0. The Kier molecular flexibility index (Phi) is 4.21. The molecule has 0 fully saturated rings. The number of carboxylic acid groups (broad SMARTS) is 1. The zero-order valence-corrected chi connectivity index (χ0v) is 10.6. The van der Waals surface area contributed by atoms with E-state index >= 15 is 0 Å². The molecule has 0 atom stereocenters. The van der Waals surface area contributed by atoms with E-state index < -0.39 is 23.5 Å². The standard InChI is InChI=1S/C12H10F2N4O3/c13-9-2-1-7(3-10(9)14)15-11(19)6-18-5-8(16-17-18)4-12(20)21/h1-3,5H,4,6H2,(H,15,19)(H,20,21). The molecule has 0 bridgehead atoms. The number of hydrogen-bond donors (Lipinski definition) is 2. The lowest BCUT2D eigenvalue weighted by molar-refractivity contribution is -0.136. The molecule has 1 amide bonds. The first kappa shape index (κ1) is 14.6. The molecule has 2 aromatic rings. The molecule has 110 valence electrons. The Morgan fingerprint density at radius 1 is 1.29 bits per heavy atom. The Bertz CT molecular complexity index is 687. The van der Waals surface area contributed by atoms with Crippen molar-refractivity contribution in [2.45, 2.75) is 13.0 Å². The van der Waals surface area contributed by atoms with E-state index in [4.69, 9.17) is 5.11 Å². The lowest BCUT2D eigenvalue weighted by Crippen LogP contribution is -2.19. The lowest BCUT2D eigenvalue weighted by atomic mass is 10.3. The maximum Gasteiger partial charge on any atom is 0.309 e. The summed E-state index contributed by atoms with van der Waals surface area (Å²) in [4.78, 5) is 22.2. The molecule has 0 saturated carbocycles. The van der Waals surface area contributed by atoms with Crippen LogP contribution < -0.4 is 5.32 Å². The molecular formula is C12H10F2N4O3. The van der Waals surface area contributed by atoms with Gasteiger partial charge >= 0.3 is 5.97 Å². The molecule has 0 aliphatic carbocycles. The number of nitrogens with one attached hydrogen (secondary N) is 1. The molecule has 2 N–H and O–H groups in total. The van der Waals surface area contributed by atoms with Gasteiger partial charge in [0.1, 0.15) is 6.54 Å². The molecule has 0 unspecified atom stereocenters. The Morgan fingerprint density at radius 2 is 2.05 bits per heavy atom. The highest BCUT2D eigenvalue weighted by molar-refractivity contribution is 5.90. The fraction of sp³-hybridized carbons (Fsp3) is 0.167. The molecule has 1 aromatic heterocycles. The molecule has 2 rings (SSSR count). The molecule has 1 aromatic carbocycles. The maximum atomic E-state index is 13.0. The first-order valence-electron chi connectivity index (χ1n) is 5.80. The Morgan fingerprint density at radius 3 is 2.71 bits per heavy atom. The fourth-order valence-electron chi connectivity index (χ4n) is 1.57. The minimum atomic E-state index is -1.07. The molecule has 0 spiro atoms. The first-order chi connectivity index (χ1) is 9.94. The van der Waals surface area contributed by atoms with Crippen molar-refractivity contribution >= 4 is 17.6 Å². The van der Waals surface area contributed by atoms with Crippen molar-refractivity contribution in [2.24, 2.45) is 0 Å². The average molecular weight is 296 g/mol. The van der Waals surface area contributed by atoms with E-state index in [2.05, 4.69) is 15.6 Å². The smallest absolute Gasteiger partial charge is 0.309 e. The third-order valence-corrected chi connectivity index (χ3v) is 2.43. The van der Waals surface area contributed by atoms with Crippen LogP contribution in [-0.2, 0) is 22.6 Å². The van der Waals surface area contributed by atoms with Crippen LogP contribution in [0.1, 0.15) is 5.69 Å². The summed E-state index contributed by atoms with van der Waals surface area (Å²) in [6.07, 6.45) is 1.02. The molecule has 1 heterocycles. The molecule has 7 nitrogen and oxygen atoms in total. The number of carbonyl (C=O) groups excluding carboxylic acids is 1. The van der Waals surface area contributed by atoms with Gasteiger partial charge in [-0.25, -0.2) is 13.5 Å². The van der Waals surface area contributed by atoms with E-state index in [0.29, 0.717) is 0 Å². The van der Waals surface area contributed by atoms with Crippen LogP contribution in [0.2, 0.25) is 0 Å². The summed E-state index contributed by atoms with van der Waals surface area (Å²) in [5.74, 6) is -3.68. The van der Waals surface area contributed by atoms with Gasteiger partial charge in [-0.1, -0.05) is 5.21 Å². The number of benzene rings is 1. The van der Waals surface area contributed by atoms with Gasteiger partial charge in [0.25, 0.3) is 0 Å². The van der Waals surface area contributed by atoms with Crippen molar-refractivity contribution in [2.75, 3.05) is 5.32 Å². The summed E-state index contributed by atoms with van der Waals surface area (Å²) < 4.78 is 26.9. The van der Waals surface area contributed by atoms with Gasteiger partial charge < -0.3 is 10.4 Å². The van der Waals surface area contributed by atoms with Crippen molar-refractivity contribution in [3.63, 3.8) is 0 Å². The van der Waals surface area contributed by atoms with Crippen molar-refractivity contribution in [1.29, 1.82) is 0 Å². The van der Waals surface area contributed by atoms with Gasteiger partial charge in [-0.2, -0.15) is 0 Å². The highest BCUT2D eigenvalue weighted by Gasteiger charge is 2.10. The first-order valence-corrected chi connectivity index (χ1v) is 5.80. The second kappa shape index (κ2) is 6.07. The minimum Gasteiger partial charge on any atom is -0.481 e. The summed E-state index contributed by atoms with van der Waals surface area (Å²) in [5, 5.41) is 18.1. The van der Waals surface area contributed by atoms with Crippen molar-refractivity contribution in [3.05, 3.63) is 41.7 Å². The zero-order valence-electron chi connectivity index (χ0n) is 10.6. The predicted molar refractivity (Wildman–Crippen MR) is 66.3 cm³/mol. The van der Waals surface area contributed by atoms with Crippen LogP contribution in [-0.4, -0.2) is 32.0 Å². The number of aliphatic carboxylic acids is 1. The number of carbonyl (C=O) groups is 2. The van der Waals surface area contributed by atoms with Gasteiger partial charge in [-0.05, 0) is 12.1 Å². The van der Waals surface area contributed by atoms with E-state index in [-0.39, 0.29) is 24.3 Å². The van der Waals surface area contributed by atoms with Crippen LogP contribution in [0, 0.1) is 11.6 Å². The van der Waals surface area contributed by atoms with Crippen LogP contribution in [0.25, 0.3) is 0 Å². The lowest BCUT2D eigenvalue weighted by Gasteiger charge is -2.05. The van der Waals surface area contributed by atoms with Gasteiger partial charge in [-0.3, -0.25) is 9.59 Å². The van der Waals surface area contributed by atoms with E-state index in [9.17, 15) is 18.4 Å². The molecule has 9 heteroatoms. The third kappa shape index (κ3) is 4.06. The van der Waals surface area contributed by atoms with E-state index in [1.54, 1.807) is 0 Å². The minimum absolute atomic E-state index is 0.102. The number of aromatic nitrogens is 3. The number of carboxylic acids is 1. The molecule has 0 saturated heterocycles. The summed E-state index contributed by atoms with van der Waals surface area (Å²) in [5.41, 5.74) is 0.313. The van der Waals surface area contributed by atoms with E-state index in [0.717, 1.165) is 16.8 Å². The summed E-state index contributed by atoms with van der Waals surface area (Å²) in [6, 6.07) is 2.96. The largest absolute Gasteiger partial charge is 0.481 e. The van der Waals surface area contributed by atoms with Gasteiger partial charge in [0.15, 0.2) is 11.6 Å². The molecular weight excluding hydrogens is 286 g/mol. The third-order valence-electron chi connectivity index (χ3n) is 2.43. The van der Waals surface area contributed by atoms with Gasteiger partial charge in [0, 0.05) is 18.0 Å². The van der Waals surface area contributed by atoms with Gasteiger partial charge in [-0.15, -0.1) is 5.10 Å². The van der Waals surface area contributed by atoms with Crippen molar-refractivity contribution < 1.29 is 23.5 Å². The second-order valence-electron chi connectivity index (χ2n) is 4.16. The number of rotatable bonds is 5. The molecule has 21 heavy (non-hydrogen) atoms. The number of halogens is 2. The average Bonchev–Trinajstić information content (AvgIpc) is 2.80. The van der Waals surface area contributed by atoms with Crippen LogP contribution in [0.15, 0.2) is 24.4 Å². The zero-order chi connectivity index (χ0) is 15.4. The van der Waals surface area contributed by atoms with Crippen molar-refractivity contribution in [1.82, 2.24) is 15.0 Å². The molecule has 0 aliphatic heterocycles. The number of amides is 1. The van der Waals surface area contributed by atoms with Crippen molar-refractivity contribution in [3.8, 4) is 0 Å². The highest BCUT2D eigenvalue weighted by Crippen LogP contribution is 2.13. The second-order valence-corrected chi connectivity index (χ2v) is 4.16. The topological polar surface area (TPSA) is 97.1 Å². The Hall–Kier alpha value is -2.84. The number of hydrogen-bond acceptors (Lipinski definition) is 4. The van der Waals surface area contributed by atoms with E-state index in [1.807, 2.05) is 0 Å². The SMILES string of the molecule is O=C(O)Cc1cn(CC(=O)Nc2ccc(F)c(F)c2)nn1. The fourth-order valence-corrected chi connectivity index (χ4v) is 1.57. The van der Waals surface area contributed by atoms with Gasteiger partial charge in [0.2, 0.25) is 5.91 Å². The highest BCUT2D eigenvalue weighted by atomic mass is 19.2. The number of nitrogens with zero attached hydrogens (tertiary/aromatic N) is 3. The quantitative estimate of drug-likeness (QED) is 0.851. The Labute approximate surface area is 117 Å². The Balaban J connectivity index is 1.96. The molecule has 0 radical (unpaired) electrons. The van der Waals surface area contributed by atoms with Crippen LogP contribution in [0.4, 0.5) is 14.5 Å².